The zero-order valence-electron chi connectivity index (χ0n) is 13.3. The van der Waals surface area contributed by atoms with Gasteiger partial charge in [0.2, 0.25) is 5.78 Å². The molecular formula is C16H13F3N4O2. The predicted octanol–water partition coefficient (Wildman–Crippen LogP) is 2.41. The fourth-order valence-corrected chi connectivity index (χ4v) is 2.39. The summed E-state index contributed by atoms with van der Waals surface area (Å²) in [6, 6.07) is 7.92. The summed E-state index contributed by atoms with van der Waals surface area (Å²) in [5.41, 5.74) is 0.969. The Morgan fingerprint density at radius 1 is 1.16 bits per heavy atom. The van der Waals surface area contributed by atoms with Gasteiger partial charge in [-0.3, -0.25) is 9.59 Å². The highest BCUT2D eigenvalue weighted by Crippen LogP contribution is 2.26. The average molecular weight is 350 g/mol. The van der Waals surface area contributed by atoms with Crippen molar-refractivity contribution in [1.29, 1.82) is 0 Å². The Morgan fingerprint density at radius 3 is 2.40 bits per heavy atom. The number of Topliss-reactive ketones (excluding diaryl/α,β-unsaturated/α-hetero) is 1. The van der Waals surface area contributed by atoms with E-state index in [4.69, 9.17) is 0 Å². The van der Waals surface area contributed by atoms with Crippen LogP contribution in [0.3, 0.4) is 0 Å². The molecule has 6 nitrogen and oxygen atoms in total. The number of hydrogen-bond acceptors (Lipinski definition) is 4. The molecule has 2 heterocycles. The van der Waals surface area contributed by atoms with Crippen LogP contribution in [-0.2, 0) is 12.7 Å². The molecule has 0 unspecified atom stereocenters. The molecule has 0 atom stereocenters. The topological polar surface area (TPSA) is 69.3 Å². The van der Waals surface area contributed by atoms with Crippen LogP contribution in [-0.4, -0.2) is 24.9 Å². The molecule has 9 heteroatoms. The van der Waals surface area contributed by atoms with E-state index in [9.17, 15) is 22.8 Å². The summed E-state index contributed by atoms with van der Waals surface area (Å²) in [5.74, 6) is -2.06. The maximum absolute atomic E-state index is 12.8. The monoisotopic (exact) mass is 350 g/mol. The normalized spacial score (nSPS) is 11.9. The van der Waals surface area contributed by atoms with Gasteiger partial charge < -0.3 is 4.57 Å². The van der Waals surface area contributed by atoms with Gasteiger partial charge in [0.25, 0.3) is 11.4 Å². The third-order valence-corrected chi connectivity index (χ3v) is 3.73. The molecule has 130 valence electrons. The number of halogens is 3. The molecule has 0 bridgehead atoms. The quantitative estimate of drug-likeness (QED) is 0.680. The number of aryl methyl sites for hydroxylation is 2. The first-order chi connectivity index (χ1) is 11.7. The Labute approximate surface area is 139 Å². The van der Waals surface area contributed by atoms with Crippen molar-refractivity contribution < 1.29 is 18.0 Å². The first-order valence-corrected chi connectivity index (χ1v) is 7.31. The maximum Gasteiger partial charge on any atom is 0.453 e. The molecule has 0 saturated heterocycles. The third-order valence-electron chi connectivity index (χ3n) is 3.73. The highest BCUT2D eigenvalue weighted by atomic mass is 19.4. The van der Waals surface area contributed by atoms with Crippen LogP contribution < -0.4 is 5.56 Å². The fourth-order valence-electron chi connectivity index (χ4n) is 2.39. The molecule has 0 radical (unpaired) electrons. The first kappa shape index (κ1) is 16.9. The van der Waals surface area contributed by atoms with Crippen LogP contribution in [0.15, 0.2) is 35.1 Å². The molecule has 3 aromatic rings. The zero-order chi connectivity index (χ0) is 18.4. The number of benzene rings is 1. The molecule has 3 rings (SSSR count). The van der Waals surface area contributed by atoms with Crippen molar-refractivity contribution in [2.45, 2.75) is 26.6 Å². The number of fused-ring (bicyclic) bond motifs is 1. The van der Waals surface area contributed by atoms with E-state index in [1.54, 1.807) is 24.3 Å². The molecule has 0 fully saturated rings. The van der Waals surface area contributed by atoms with Gasteiger partial charge in [-0.2, -0.15) is 22.7 Å². The Kier molecular flexibility index (Phi) is 3.94. The Bertz CT molecular complexity index is 1020. The van der Waals surface area contributed by atoms with E-state index in [1.807, 2.05) is 6.92 Å². The van der Waals surface area contributed by atoms with Crippen LogP contribution in [0.5, 0.6) is 0 Å². The second-order valence-corrected chi connectivity index (χ2v) is 5.64. The maximum atomic E-state index is 12.8. The van der Waals surface area contributed by atoms with Crippen molar-refractivity contribution in [1.82, 2.24) is 19.2 Å². The molecule has 2 aromatic heterocycles. The largest absolute Gasteiger partial charge is 0.453 e. The highest BCUT2D eigenvalue weighted by Gasteiger charge is 2.37. The summed E-state index contributed by atoms with van der Waals surface area (Å²) in [4.78, 5) is 27.7. The molecule has 25 heavy (non-hydrogen) atoms. The summed E-state index contributed by atoms with van der Waals surface area (Å²) >= 11 is 0. The summed E-state index contributed by atoms with van der Waals surface area (Å²) < 4.78 is 40.3. The lowest BCUT2D eigenvalue weighted by Gasteiger charge is -2.10. The predicted molar refractivity (Wildman–Crippen MR) is 82.5 cm³/mol. The van der Waals surface area contributed by atoms with Gasteiger partial charge in [-0.25, -0.2) is 0 Å². The second kappa shape index (κ2) is 5.83. The van der Waals surface area contributed by atoms with Crippen LogP contribution in [0.4, 0.5) is 13.2 Å². The van der Waals surface area contributed by atoms with Crippen molar-refractivity contribution in [3.63, 3.8) is 0 Å². The van der Waals surface area contributed by atoms with E-state index in [0.717, 1.165) is 11.6 Å². The summed E-state index contributed by atoms with van der Waals surface area (Å²) in [7, 11) is 0. The van der Waals surface area contributed by atoms with Crippen molar-refractivity contribution >= 4 is 11.6 Å². The number of alkyl halides is 3. The van der Waals surface area contributed by atoms with Gasteiger partial charge >= 0.3 is 6.18 Å². The minimum Gasteiger partial charge on any atom is -0.306 e. The van der Waals surface area contributed by atoms with Gasteiger partial charge in [0, 0.05) is 17.3 Å². The van der Waals surface area contributed by atoms with Gasteiger partial charge in [0.1, 0.15) is 0 Å². The number of carbonyl (C=O) groups is 1. The van der Waals surface area contributed by atoms with Crippen molar-refractivity contribution in [2.24, 2.45) is 0 Å². The van der Waals surface area contributed by atoms with Crippen LogP contribution in [0.1, 0.15) is 27.4 Å². The van der Waals surface area contributed by atoms with Crippen LogP contribution in [0.2, 0.25) is 0 Å². The summed E-state index contributed by atoms with van der Waals surface area (Å²) in [5, 5.41) is 3.21. The lowest BCUT2D eigenvalue weighted by atomic mass is 10.1. The van der Waals surface area contributed by atoms with E-state index in [-0.39, 0.29) is 18.1 Å². The molecule has 0 aliphatic heterocycles. The number of ketones is 1. The lowest BCUT2D eigenvalue weighted by Crippen LogP contribution is -2.23. The van der Waals surface area contributed by atoms with Gasteiger partial charge in [0.15, 0.2) is 5.78 Å². The average Bonchev–Trinajstić information content (AvgIpc) is 2.98. The minimum atomic E-state index is -4.79. The first-order valence-electron chi connectivity index (χ1n) is 7.31. The molecule has 1 aromatic carbocycles. The Hall–Kier alpha value is -2.97. The smallest absolute Gasteiger partial charge is 0.306 e. The molecule has 0 saturated carbocycles. The molecule has 0 spiro atoms. The number of aromatic nitrogens is 4. The van der Waals surface area contributed by atoms with E-state index in [0.29, 0.717) is 15.8 Å². The molecule has 0 N–H and O–H groups in total. The SMILES string of the molecule is Cc1ccc(C(=O)Cn2c(C)cc(=O)n3nc(C(F)(F)F)nc23)cc1. The van der Waals surface area contributed by atoms with E-state index in [1.165, 1.54) is 11.5 Å². The number of nitrogens with zero attached hydrogens (tertiary/aromatic N) is 4. The van der Waals surface area contributed by atoms with Gasteiger partial charge in [0.05, 0.1) is 6.54 Å². The molecule has 0 aliphatic carbocycles. The number of hydrogen-bond donors (Lipinski definition) is 0. The van der Waals surface area contributed by atoms with Gasteiger partial charge in [-0.15, -0.1) is 5.10 Å². The number of rotatable bonds is 3. The van der Waals surface area contributed by atoms with E-state index >= 15 is 0 Å². The third kappa shape index (κ3) is 3.17. The minimum absolute atomic E-state index is 0.255. The van der Waals surface area contributed by atoms with Crippen LogP contribution in [0, 0.1) is 13.8 Å². The van der Waals surface area contributed by atoms with Crippen molar-refractivity contribution in [2.75, 3.05) is 0 Å². The van der Waals surface area contributed by atoms with E-state index in [2.05, 4.69) is 10.1 Å². The van der Waals surface area contributed by atoms with Crippen LogP contribution >= 0.6 is 0 Å². The fraction of sp³-hybridized carbons (Fsp3) is 0.250. The molecule has 0 amide bonds. The van der Waals surface area contributed by atoms with Gasteiger partial charge in [-0.05, 0) is 13.8 Å². The van der Waals surface area contributed by atoms with Crippen molar-refractivity contribution in [3.8, 4) is 0 Å². The van der Waals surface area contributed by atoms with Crippen LogP contribution in [0.25, 0.3) is 5.78 Å². The Morgan fingerprint density at radius 2 is 1.80 bits per heavy atom. The Balaban J connectivity index is 2.09. The summed E-state index contributed by atoms with van der Waals surface area (Å²) in [6.07, 6.45) is -4.79. The van der Waals surface area contributed by atoms with Gasteiger partial charge in [-0.1, -0.05) is 29.8 Å². The zero-order valence-corrected chi connectivity index (χ0v) is 13.3. The number of carbonyl (C=O) groups excluding carboxylic acids is 1. The molecular weight excluding hydrogens is 337 g/mol. The summed E-state index contributed by atoms with van der Waals surface area (Å²) in [6.45, 7) is 3.14. The highest BCUT2D eigenvalue weighted by molar-refractivity contribution is 5.96. The standard InChI is InChI=1S/C16H13F3N4O2/c1-9-3-5-11(6-4-9)12(24)8-22-10(2)7-13(25)23-15(22)20-14(21-23)16(17,18)19/h3-7H,8H2,1-2H3. The second-order valence-electron chi connectivity index (χ2n) is 5.64. The molecule has 0 aliphatic rings. The van der Waals surface area contributed by atoms with E-state index < -0.39 is 17.6 Å². The lowest BCUT2D eigenvalue weighted by molar-refractivity contribution is -0.144. The van der Waals surface area contributed by atoms with Crippen molar-refractivity contribution in [3.05, 3.63) is 63.3 Å².